The molecule has 1 amide bonds. The van der Waals surface area contributed by atoms with Gasteiger partial charge in [-0.1, -0.05) is 0 Å². The standard InChI is InChI=1S/C7H12INO3/c8-9-7(11)12-6-3-1-5(10)2-4-6/h5-6,10H,1-4H2,(H,9,11). The molecule has 12 heavy (non-hydrogen) atoms. The number of hydrogen-bond donors (Lipinski definition) is 2. The van der Waals surface area contributed by atoms with E-state index in [2.05, 4.69) is 3.53 Å². The second-order valence-electron chi connectivity index (χ2n) is 2.93. The number of amides is 1. The van der Waals surface area contributed by atoms with Crippen molar-refractivity contribution in [2.75, 3.05) is 0 Å². The van der Waals surface area contributed by atoms with Crippen LogP contribution in [0.5, 0.6) is 0 Å². The van der Waals surface area contributed by atoms with E-state index >= 15 is 0 Å². The van der Waals surface area contributed by atoms with Crippen LogP contribution in [-0.2, 0) is 4.74 Å². The number of rotatable bonds is 1. The first kappa shape index (κ1) is 10.0. The molecule has 70 valence electrons. The fourth-order valence-electron chi connectivity index (χ4n) is 1.34. The van der Waals surface area contributed by atoms with Crippen molar-refractivity contribution in [3.05, 3.63) is 0 Å². The summed E-state index contributed by atoms with van der Waals surface area (Å²) >= 11 is 1.74. The molecule has 0 aromatic carbocycles. The smallest absolute Gasteiger partial charge is 0.416 e. The van der Waals surface area contributed by atoms with Crippen LogP contribution in [0.25, 0.3) is 0 Å². The highest BCUT2D eigenvalue weighted by atomic mass is 127. The highest BCUT2D eigenvalue weighted by Gasteiger charge is 2.21. The molecule has 1 fully saturated rings. The topological polar surface area (TPSA) is 58.6 Å². The fraction of sp³-hybridized carbons (Fsp3) is 0.857. The zero-order valence-corrected chi connectivity index (χ0v) is 8.78. The first-order valence-electron chi connectivity index (χ1n) is 3.97. The van der Waals surface area contributed by atoms with E-state index in [1.165, 1.54) is 0 Å². The van der Waals surface area contributed by atoms with Crippen molar-refractivity contribution in [1.82, 2.24) is 3.53 Å². The Hall–Kier alpha value is -0.0400. The third-order valence-corrected chi connectivity index (χ3v) is 2.43. The number of halogens is 1. The third-order valence-electron chi connectivity index (χ3n) is 1.99. The molecule has 0 heterocycles. The predicted molar refractivity (Wildman–Crippen MR) is 51.9 cm³/mol. The minimum atomic E-state index is -0.392. The number of aliphatic hydroxyl groups is 1. The SMILES string of the molecule is O=C(NI)OC1CCC(O)CC1. The van der Waals surface area contributed by atoms with Gasteiger partial charge in [-0.3, -0.25) is 3.53 Å². The van der Waals surface area contributed by atoms with Crippen molar-refractivity contribution in [1.29, 1.82) is 0 Å². The first-order valence-corrected chi connectivity index (χ1v) is 5.05. The summed E-state index contributed by atoms with van der Waals surface area (Å²) in [6.45, 7) is 0. The molecular formula is C7H12INO3. The van der Waals surface area contributed by atoms with E-state index < -0.39 is 6.09 Å². The summed E-state index contributed by atoms with van der Waals surface area (Å²) in [5, 5.41) is 9.16. The van der Waals surface area contributed by atoms with E-state index in [1.54, 1.807) is 22.9 Å². The Labute approximate surface area is 85.2 Å². The van der Waals surface area contributed by atoms with Gasteiger partial charge in [0.25, 0.3) is 0 Å². The summed E-state index contributed by atoms with van der Waals surface area (Å²) in [5.74, 6) is 0. The molecule has 0 spiro atoms. The maximum absolute atomic E-state index is 10.8. The predicted octanol–water partition coefficient (Wildman–Crippen LogP) is 1.37. The molecule has 5 heteroatoms. The molecule has 1 saturated carbocycles. The van der Waals surface area contributed by atoms with E-state index in [-0.39, 0.29) is 12.2 Å². The van der Waals surface area contributed by atoms with Crippen molar-refractivity contribution in [3.63, 3.8) is 0 Å². The van der Waals surface area contributed by atoms with E-state index in [1.807, 2.05) is 0 Å². The van der Waals surface area contributed by atoms with Crippen LogP contribution < -0.4 is 3.53 Å². The third kappa shape index (κ3) is 3.14. The van der Waals surface area contributed by atoms with Gasteiger partial charge in [-0.2, -0.15) is 0 Å². The molecule has 0 aromatic rings. The lowest BCUT2D eigenvalue weighted by molar-refractivity contribution is 0.0373. The van der Waals surface area contributed by atoms with E-state index in [0.717, 1.165) is 25.7 Å². The summed E-state index contributed by atoms with van der Waals surface area (Å²) in [5.41, 5.74) is 0. The van der Waals surface area contributed by atoms with Crippen molar-refractivity contribution < 1.29 is 14.6 Å². The Balaban J connectivity index is 2.21. The van der Waals surface area contributed by atoms with Crippen molar-refractivity contribution in [2.24, 2.45) is 0 Å². The second-order valence-corrected chi connectivity index (χ2v) is 3.47. The van der Waals surface area contributed by atoms with Crippen LogP contribution in [0.1, 0.15) is 25.7 Å². The van der Waals surface area contributed by atoms with Gasteiger partial charge < -0.3 is 9.84 Å². The molecule has 1 rings (SSSR count). The quantitative estimate of drug-likeness (QED) is 0.565. The molecule has 4 nitrogen and oxygen atoms in total. The van der Waals surface area contributed by atoms with Gasteiger partial charge in [0.1, 0.15) is 6.10 Å². The summed E-state index contributed by atoms with van der Waals surface area (Å²) in [6, 6.07) is 0. The van der Waals surface area contributed by atoms with Crippen LogP contribution >= 0.6 is 22.9 Å². The number of carbonyl (C=O) groups excluding carboxylic acids is 1. The van der Waals surface area contributed by atoms with Gasteiger partial charge in [-0.05, 0) is 25.7 Å². The Morgan fingerprint density at radius 1 is 1.42 bits per heavy atom. The van der Waals surface area contributed by atoms with Crippen LogP contribution in [0.3, 0.4) is 0 Å². The van der Waals surface area contributed by atoms with Crippen molar-refractivity contribution in [2.45, 2.75) is 37.9 Å². The van der Waals surface area contributed by atoms with Crippen molar-refractivity contribution >= 4 is 29.0 Å². The zero-order valence-electron chi connectivity index (χ0n) is 6.62. The van der Waals surface area contributed by atoms with E-state index in [0.29, 0.717) is 0 Å². The molecule has 1 aliphatic carbocycles. The van der Waals surface area contributed by atoms with Crippen LogP contribution in [0.2, 0.25) is 0 Å². The number of ether oxygens (including phenoxy) is 1. The molecule has 0 unspecified atom stereocenters. The minimum Gasteiger partial charge on any atom is -0.446 e. The number of hydrogen-bond acceptors (Lipinski definition) is 3. The average molecular weight is 285 g/mol. The van der Waals surface area contributed by atoms with E-state index in [4.69, 9.17) is 9.84 Å². The summed E-state index contributed by atoms with van der Waals surface area (Å²) < 4.78 is 7.39. The Morgan fingerprint density at radius 2 is 2.00 bits per heavy atom. The largest absolute Gasteiger partial charge is 0.446 e. The van der Waals surface area contributed by atoms with Crippen LogP contribution in [0.15, 0.2) is 0 Å². The van der Waals surface area contributed by atoms with Gasteiger partial charge in [0, 0.05) is 0 Å². The van der Waals surface area contributed by atoms with Crippen LogP contribution in [0.4, 0.5) is 4.79 Å². The van der Waals surface area contributed by atoms with Crippen LogP contribution in [0, 0.1) is 0 Å². The normalized spacial score (nSPS) is 29.5. The monoisotopic (exact) mass is 285 g/mol. The molecule has 0 aliphatic heterocycles. The number of nitrogens with one attached hydrogen (secondary N) is 1. The first-order chi connectivity index (χ1) is 5.72. The Kier molecular flexibility index (Phi) is 4.07. The van der Waals surface area contributed by atoms with Gasteiger partial charge in [0.15, 0.2) is 0 Å². The average Bonchev–Trinajstić information content (AvgIpc) is 2.09. The second kappa shape index (κ2) is 4.86. The molecule has 0 saturated heterocycles. The van der Waals surface area contributed by atoms with Gasteiger partial charge in [0.05, 0.1) is 29.0 Å². The highest BCUT2D eigenvalue weighted by Crippen LogP contribution is 2.20. The molecular weight excluding hydrogens is 273 g/mol. The van der Waals surface area contributed by atoms with Gasteiger partial charge in [-0.25, -0.2) is 4.79 Å². The van der Waals surface area contributed by atoms with Crippen LogP contribution in [-0.4, -0.2) is 23.4 Å². The lowest BCUT2D eigenvalue weighted by Gasteiger charge is -2.24. The van der Waals surface area contributed by atoms with Gasteiger partial charge >= 0.3 is 6.09 Å². The Morgan fingerprint density at radius 3 is 2.50 bits per heavy atom. The van der Waals surface area contributed by atoms with Crippen molar-refractivity contribution in [3.8, 4) is 0 Å². The maximum atomic E-state index is 10.8. The lowest BCUT2D eigenvalue weighted by atomic mass is 9.95. The lowest BCUT2D eigenvalue weighted by Crippen LogP contribution is -2.28. The van der Waals surface area contributed by atoms with Gasteiger partial charge in [0.2, 0.25) is 0 Å². The minimum absolute atomic E-state index is 0.0110. The zero-order chi connectivity index (χ0) is 8.97. The Bertz CT molecular complexity index is 157. The number of carbonyl (C=O) groups is 1. The van der Waals surface area contributed by atoms with Gasteiger partial charge in [-0.15, -0.1) is 0 Å². The molecule has 1 aliphatic rings. The molecule has 0 radical (unpaired) electrons. The fourth-order valence-corrected chi connectivity index (χ4v) is 1.46. The highest BCUT2D eigenvalue weighted by molar-refractivity contribution is 14.1. The number of aliphatic hydroxyl groups excluding tert-OH is 1. The molecule has 0 bridgehead atoms. The molecule has 0 aromatic heterocycles. The summed E-state index contributed by atoms with van der Waals surface area (Å²) in [7, 11) is 0. The summed E-state index contributed by atoms with van der Waals surface area (Å²) in [6.07, 6.45) is 2.40. The van der Waals surface area contributed by atoms with E-state index in [9.17, 15) is 4.79 Å². The molecule has 2 N–H and O–H groups in total. The molecule has 0 atom stereocenters. The summed E-state index contributed by atoms with van der Waals surface area (Å²) in [4.78, 5) is 10.8. The maximum Gasteiger partial charge on any atom is 0.416 e.